The minimum atomic E-state index is -0.352. The molecule has 49 heavy (non-hydrogen) atoms. The molecule has 0 aliphatic carbocycles. The summed E-state index contributed by atoms with van der Waals surface area (Å²) in [6, 6.07) is 19.7. The predicted octanol–water partition coefficient (Wildman–Crippen LogP) is 6.51. The van der Waals surface area contributed by atoms with Crippen LogP contribution in [0.4, 0.5) is 11.4 Å². The van der Waals surface area contributed by atoms with E-state index in [1.165, 1.54) is 22.6 Å². The monoisotopic (exact) mass is 658 g/mol. The van der Waals surface area contributed by atoms with Gasteiger partial charge in [0.15, 0.2) is 11.5 Å². The Morgan fingerprint density at radius 1 is 1.04 bits per heavy atom. The summed E-state index contributed by atoms with van der Waals surface area (Å²) in [7, 11) is 1.76. The van der Waals surface area contributed by atoms with Crippen molar-refractivity contribution in [3.8, 4) is 28.5 Å². The number of nitrogens with zero attached hydrogens (tertiary/aromatic N) is 8. The van der Waals surface area contributed by atoms with Gasteiger partial charge in [0.2, 0.25) is 6.79 Å². The van der Waals surface area contributed by atoms with Crippen molar-refractivity contribution in [2.45, 2.75) is 39.4 Å². The molecule has 0 saturated carbocycles. The number of carbonyl (C=O) groups excluding carboxylic acids is 2. The Balaban J connectivity index is 1.37. The van der Waals surface area contributed by atoms with E-state index in [9.17, 15) is 14.7 Å². The van der Waals surface area contributed by atoms with Crippen LogP contribution in [0.2, 0.25) is 0 Å². The third kappa shape index (κ3) is 5.80. The van der Waals surface area contributed by atoms with Crippen molar-refractivity contribution < 1.29 is 24.2 Å². The molecular weight excluding hydrogens is 624 g/mol. The molecule has 5 aromatic rings. The van der Waals surface area contributed by atoms with Gasteiger partial charge >= 0.3 is 0 Å². The summed E-state index contributed by atoms with van der Waals surface area (Å²) in [6.07, 6.45) is 4.04. The van der Waals surface area contributed by atoms with Gasteiger partial charge in [-0.3, -0.25) is 19.2 Å². The van der Waals surface area contributed by atoms with Crippen molar-refractivity contribution in [1.82, 2.24) is 19.2 Å². The number of amides is 2. The van der Waals surface area contributed by atoms with E-state index >= 15 is 0 Å². The molecule has 0 unspecified atom stereocenters. The van der Waals surface area contributed by atoms with E-state index in [1.54, 1.807) is 54.5 Å². The minimum absolute atomic E-state index is 0.0211. The van der Waals surface area contributed by atoms with Crippen LogP contribution in [-0.2, 0) is 26.6 Å². The van der Waals surface area contributed by atoms with Crippen molar-refractivity contribution in [2.75, 3.05) is 18.2 Å². The lowest BCUT2D eigenvalue weighted by atomic mass is 9.93. The highest BCUT2D eigenvalue weighted by atomic mass is 16.7. The van der Waals surface area contributed by atoms with E-state index in [-0.39, 0.29) is 43.5 Å². The number of hydrogen-bond donors (Lipinski definition) is 1. The number of benzene rings is 3. The molecule has 248 valence electrons. The zero-order valence-corrected chi connectivity index (χ0v) is 27.3. The second-order valence-electron chi connectivity index (χ2n) is 12.2. The number of rotatable bonds is 8. The quantitative estimate of drug-likeness (QED) is 0.114. The van der Waals surface area contributed by atoms with E-state index in [0.29, 0.717) is 57.5 Å². The van der Waals surface area contributed by atoms with Crippen molar-refractivity contribution in [2.24, 2.45) is 12.2 Å². The van der Waals surface area contributed by atoms with Crippen LogP contribution in [0.25, 0.3) is 21.7 Å². The van der Waals surface area contributed by atoms with Crippen LogP contribution in [0, 0.1) is 6.92 Å². The first kappa shape index (κ1) is 31.4. The largest absolute Gasteiger partial charge is 0.508 e. The normalized spacial score (nSPS) is 14.7. The first-order valence-corrected chi connectivity index (χ1v) is 15.9. The van der Waals surface area contributed by atoms with E-state index in [1.807, 2.05) is 41.5 Å². The molecule has 1 atom stereocenters. The number of carbonyl (C=O) groups is 2. The Kier molecular flexibility index (Phi) is 8.19. The summed E-state index contributed by atoms with van der Waals surface area (Å²) >= 11 is 0. The second-order valence-corrected chi connectivity index (χ2v) is 12.2. The van der Waals surface area contributed by atoms with Crippen LogP contribution in [-0.4, -0.2) is 55.5 Å². The number of ether oxygens (including phenoxy) is 2. The number of phenols is 1. The van der Waals surface area contributed by atoms with Gasteiger partial charge in [0.25, 0.3) is 11.8 Å². The summed E-state index contributed by atoms with van der Waals surface area (Å²) in [4.78, 5) is 35.5. The highest BCUT2D eigenvalue weighted by Crippen LogP contribution is 2.42. The number of azide groups is 1. The summed E-state index contributed by atoms with van der Waals surface area (Å²) in [5, 5.41) is 18.0. The fourth-order valence-electron chi connectivity index (χ4n) is 6.63. The van der Waals surface area contributed by atoms with Crippen LogP contribution in [0.1, 0.15) is 44.5 Å². The first-order chi connectivity index (χ1) is 23.7. The van der Waals surface area contributed by atoms with Crippen LogP contribution in [0.5, 0.6) is 17.2 Å². The molecule has 2 aromatic heterocycles. The maximum atomic E-state index is 14.6. The van der Waals surface area contributed by atoms with Gasteiger partial charge in [0.1, 0.15) is 5.75 Å². The van der Waals surface area contributed by atoms with Crippen LogP contribution in [0.15, 0.2) is 84.2 Å². The van der Waals surface area contributed by atoms with Crippen molar-refractivity contribution in [3.05, 3.63) is 118 Å². The molecule has 2 aliphatic rings. The smallest absolute Gasteiger partial charge is 0.264 e. The second kappa shape index (κ2) is 12.8. The average molecular weight is 659 g/mol. The molecule has 4 heterocycles. The number of aryl methyl sites for hydroxylation is 1. The van der Waals surface area contributed by atoms with Crippen molar-refractivity contribution >= 4 is 23.2 Å². The van der Waals surface area contributed by atoms with Gasteiger partial charge in [-0.1, -0.05) is 29.4 Å². The molecule has 2 aliphatic heterocycles. The molecule has 0 fully saturated rings. The number of hydrogen-bond acceptors (Lipinski definition) is 7. The molecule has 0 radical (unpaired) electrons. The lowest BCUT2D eigenvalue weighted by Gasteiger charge is -2.35. The molecule has 7 rings (SSSR count). The average Bonchev–Trinajstić information content (AvgIpc) is 3.83. The van der Waals surface area contributed by atoms with Crippen LogP contribution in [0.3, 0.4) is 0 Å². The first-order valence-electron chi connectivity index (χ1n) is 15.9. The third-order valence-electron chi connectivity index (χ3n) is 9.13. The molecule has 0 bridgehead atoms. The van der Waals surface area contributed by atoms with Crippen LogP contribution < -0.4 is 14.4 Å². The van der Waals surface area contributed by atoms with E-state index < -0.39 is 0 Å². The maximum Gasteiger partial charge on any atom is 0.264 e. The summed E-state index contributed by atoms with van der Waals surface area (Å²) in [5.41, 5.74) is 15.0. The Morgan fingerprint density at radius 3 is 2.49 bits per heavy atom. The molecule has 13 nitrogen and oxygen atoms in total. The molecular formula is C36H34N8O5. The van der Waals surface area contributed by atoms with Gasteiger partial charge in [0.05, 0.1) is 23.0 Å². The number of aromatic hydroxyl groups is 1. The van der Waals surface area contributed by atoms with Gasteiger partial charge in [0, 0.05) is 66.5 Å². The lowest BCUT2D eigenvalue weighted by Crippen LogP contribution is -2.42. The van der Waals surface area contributed by atoms with Gasteiger partial charge in [-0.05, 0) is 79.4 Å². The van der Waals surface area contributed by atoms with Gasteiger partial charge < -0.3 is 24.0 Å². The molecule has 2 amide bonds. The highest BCUT2D eigenvalue weighted by Gasteiger charge is 2.33. The zero-order valence-electron chi connectivity index (χ0n) is 27.3. The minimum Gasteiger partial charge on any atom is -0.508 e. The number of fused-ring (bicyclic) bond motifs is 2. The van der Waals surface area contributed by atoms with Gasteiger partial charge in [-0.2, -0.15) is 5.10 Å². The van der Waals surface area contributed by atoms with Gasteiger partial charge in [-0.15, -0.1) is 0 Å². The Labute approximate surface area is 282 Å². The fourth-order valence-corrected chi connectivity index (χ4v) is 6.63. The molecule has 1 N–H and O–H groups in total. The third-order valence-corrected chi connectivity index (χ3v) is 9.13. The van der Waals surface area contributed by atoms with E-state index in [4.69, 9.17) is 15.0 Å². The highest BCUT2D eigenvalue weighted by molar-refractivity contribution is 6.12. The van der Waals surface area contributed by atoms with E-state index in [0.717, 1.165) is 12.0 Å². The summed E-state index contributed by atoms with van der Waals surface area (Å²) in [6.45, 7) is 4.71. The lowest BCUT2D eigenvalue weighted by molar-refractivity contribution is 0.0658. The molecule has 0 saturated heterocycles. The molecule has 3 aromatic carbocycles. The molecule has 0 spiro atoms. The summed E-state index contributed by atoms with van der Waals surface area (Å²) in [5.74, 6) is 0.488. The Bertz CT molecular complexity index is 2130. The maximum absolute atomic E-state index is 14.6. The predicted molar refractivity (Wildman–Crippen MR) is 182 cm³/mol. The van der Waals surface area contributed by atoms with Crippen LogP contribution >= 0.6 is 0 Å². The standard InChI is InChI=1S/C36H34N8O5/c1-22-14-24-6-4-5-7-25(24)19-43(22)35(46)31-17-34-33(48-21-49-34)16-30(31)32-15-29(23(2)42(32)13-12-38-40-37)36(47)44(27-18-39-41(3)20-27)26-8-10-28(45)11-9-26/h4-11,15-18,20,22,45H,12-14,19,21H2,1-3H3/t22-/m1/s1. The topological polar surface area (TPSA) is 151 Å². The molecule has 13 heteroatoms. The Hall–Kier alpha value is -6.20. The fraction of sp³-hybridized carbons (Fsp3) is 0.250. The number of aromatic nitrogens is 3. The summed E-state index contributed by atoms with van der Waals surface area (Å²) < 4.78 is 15.0. The van der Waals surface area contributed by atoms with E-state index in [2.05, 4.69) is 21.2 Å². The van der Waals surface area contributed by atoms with Gasteiger partial charge in [-0.25, -0.2) is 0 Å². The SMILES string of the molecule is Cc1c(C(=O)N(c2ccc(O)cc2)c2cnn(C)c2)cc(-c2cc3c(cc2C(=O)N2Cc4ccccc4C[C@H]2C)OCO3)n1CCN=[N+]=[N-]. The number of anilines is 2. The zero-order chi connectivity index (χ0) is 34.2. The van der Waals surface area contributed by atoms with Crippen molar-refractivity contribution in [3.63, 3.8) is 0 Å². The number of phenolic OH excluding ortho intramolecular Hbond substituents is 1. The van der Waals surface area contributed by atoms with Crippen molar-refractivity contribution in [1.29, 1.82) is 0 Å². The Morgan fingerprint density at radius 2 is 1.78 bits per heavy atom.